The number of nitrogen functional groups attached to an aromatic ring is 1. The van der Waals surface area contributed by atoms with Crippen molar-refractivity contribution < 1.29 is 0 Å². The largest absolute Gasteiger partial charge is 0.398 e. The van der Waals surface area contributed by atoms with E-state index < -0.39 is 0 Å². The molecule has 94 valence electrons. The molecule has 0 aromatic heterocycles. The summed E-state index contributed by atoms with van der Waals surface area (Å²) in [7, 11) is 0. The Hall–Kier alpha value is -0.540. The van der Waals surface area contributed by atoms with Crippen LogP contribution in [-0.4, -0.2) is 17.0 Å². The van der Waals surface area contributed by atoms with Crippen LogP contribution in [0.5, 0.6) is 0 Å². The van der Waals surface area contributed by atoms with Crippen LogP contribution in [0, 0.1) is 0 Å². The van der Waals surface area contributed by atoms with Crippen molar-refractivity contribution in [2.75, 3.05) is 5.73 Å². The molecule has 3 heteroatoms. The van der Waals surface area contributed by atoms with E-state index in [1.54, 1.807) is 0 Å². The maximum Gasteiger partial charge on any atom is 0.0371 e. The van der Waals surface area contributed by atoms with Gasteiger partial charge in [0.1, 0.15) is 0 Å². The molecule has 0 amide bonds. The van der Waals surface area contributed by atoms with Gasteiger partial charge in [-0.2, -0.15) is 0 Å². The minimum Gasteiger partial charge on any atom is -0.398 e. The van der Waals surface area contributed by atoms with Crippen LogP contribution >= 0.6 is 15.9 Å². The molecule has 1 fully saturated rings. The minimum atomic E-state index is 0.668. The first-order valence-electron chi connectivity index (χ1n) is 6.37. The van der Waals surface area contributed by atoms with Gasteiger partial charge in [0.2, 0.25) is 0 Å². The number of piperidine rings is 1. The van der Waals surface area contributed by atoms with Gasteiger partial charge in [0.15, 0.2) is 0 Å². The fourth-order valence-corrected chi connectivity index (χ4v) is 3.07. The van der Waals surface area contributed by atoms with E-state index in [0.29, 0.717) is 12.1 Å². The molecule has 2 N–H and O–H groups in total. The van der Waals surface area contributed by atoms with Crippen molar-refractivity contribution in [1.29, 1.82) is 0 Å². The first-order valence-corrected chi connectivity index (χ1v) is 7.17. The lowest BCUT2D eigenvalue weighted by atomic mass is 9.96. The van der Waals surface area contributed by atoms with Crippen LogP contribution in [0.1, 0.15) is 38.7 Å². The third kappa shape index (κ3) is 3.02. The second-order valence-corrected chi connectivity index (χ2v) is 6.06. The predicted molar refractivity (Wildman–Crippen MR) is 76.9 cm³/mol. The minimum absolute atomic E-state index is 0.668. The maximum atomic E-state index is 6.07. The molecule has 0 aliphatic carbocycles. The first kappa shape index (κ1) is 12.9. The summed E-state index contributed by atoms with van der Waals surface area (Å²) in [4.78, 5) is 2.57. The number of benzene rings is 1. The van der Waals surface area contributed by atoms with Gasteiger partial charge in [-0.3, -0.25) is 4.90 Å². The molecule has 1 aliphatic heterocycles. The van der Waals surface area contributed by atoms with Crippen molar-refractivity contribution in [3.05, 3.63) is 28.2 Å². The zero-order valence-electron chi connectivity index (χ0n) is 10.6. The molecule has 2 unspecified atom stereocenters. The Morgan fingerprint density at radius 3 is 2.53 bits per heavy atom. The molecule has 1 aromatic carbocycles. The summed E-state index contributed by atoms with van der Waals surface area (Å²) in [5.74, 6) is 0. The zero-order valence-corrected chi connectivity index (χ0v) is 12.2. The van der Waals surface area contributed by atoms with Crippen LogP contribution in [0.25, 0.3) is 0 Å². The van der Waals surface area contributed by atoms with Gasteiger partial charge in [0, 0.05) is 28.8 Å². The Balaban J connectivity index is 2.13. The highest BCUT2D eigenvalue weighted by Gasteiger charge is 2.24. The van der Waals surface area contributed by atoms with E-state index in [2.05, 4.69) is 46.8 Å². The van der Waals surface area contributed by atoms with Crippen LogP contribution in [0.2, 0.25) is 0 Å². The number of anilines is 1. The van der Waals surface area contributed by atoms with Crippen molar-refractivity contribution in [3.8, 4) is 0 Å². The molecule has 1 saturated heterocycles. The highest BCUT2D eigenvalue weighted by Crippen LogP contribution is 2.27. The van der Waals surface area contributed by atoms with E-state index >= 15 is 0 Å². The van der Waals surface area contributed by atoms with Gasteiger partial charge in [-0.25, -0.2) is 0 Å². The average molecular weight is 297 g/mol. The zero-order chi connectivity index (χ0) is 12.4. The van der Waals surface area contributed by atoms with Crippen molar-refractivity contribution in [3.63, 3.8) is 0 Å². The van der Waals surface area contributed by atoms with E-state index in [0.717, 1.165) is 16.7 Å². The van der Waals surface area contributed by atoms with Crippen LogP contribution in [0.4, 0.5) is 5.69 Å². The molecule has 1 aliphatic rings. The Labute approximate surface area is 112 Å². The number of rotatable bonds is 2. The second-order valence-electron chi connectivity index (χ2n) is 5.14. The van der Waals surface area contributed by atoms with Crippen molar-refractivity contribution in [2.24, 2.45) is 0 Å². The lowest BCUT2D eigenvalue weighted by Gasteiger charge is -2.39. The fraction of sp³-hybridized carbons (Fsp3) is 0.571. The van der Waals surface area contributed by atoms with Gasteiger partial charge in [0.05, 0.1) is 0 Å². The molecular weight excluding hydrogens is 276 g/mol. The van der Waals surface area contributed by atoms with Gasteiger partial charge < -0.3 is 5.73 Å². The van der Waals surface area contributed by atoms with E-state index in [-0.39, 0.29) is 0 Å². The van der Waals surface area contributed by atoms with Crippen LogP contribution in [0.15, 0.2) is 22.7 Å². The molecule has 0 saturated carbocycles. The monoisotopic (exact) mass is 296 g/mol. The summed E-state index contributed by atoms with van der Waals surface area (Å²) in [6.45, 7) is 5.62. The van der Waals surface area contributed by atoms with Gasteiger partial charge in [-0.05, 0) is 44.4 Å². The number of halogens is 1. The molecule has 0 bridgehead atoms. The molecule has 0 radical (unpaired) electrons. The molecule has 2 rings (SSSR count). The Bertz CT molecular complexity index is 382. The number of nitrogens with zero attached hydrogens (tertiary/aromatic N) is 1. The van der Waals surface area contributed by atoms with E-state index in [9.17, 15) is 0 Å². The fourth-order valence-electron chi connectivity index (χ4n) is 2.69. The van der Waals surface area contributed by atoms with Crippen molar-refractivity contribution >= 4 is 21.6 Å². The topological polar surface area (TPSA) is 29.3 Å². The Morgan fingerprint density at radius 2 is 1.94 bits per heavy atom. The summed E-state index contributed by atoms with van der Waals surface area (Å²) >= 11 is 3.45. The number of hydrogen-bond donors (Lipinski definition) is 1. The third-order valence-electron chi connectivity index (χ3n) is 3.84. The number of hydrogen-bond acceptors (Lipinski definition) is 2. The molecule has 1 aromatic rings. The first-order chi connectivity index (χ1) is 8.08. The predicted octanol–water partition coefficient (Wildman–Crippen LogP) is 3.79. The summed E-state index contributed by atoms with van der Waals surface area (Å²) in [6, 6.07) is 7.54. The summed E-state index contributed by atoms with van der Waals surface area (Å²) in [5, 5.41) is 0. The lowest BCUT2D eigenvalue weighted by Crippen LogP contribution is -2.43. The smallest absolute Gasteiger partial charge is 0.0371 e. The van der Waals surface area contributed by atoms with Gasteiger partial charge >= 0.3 is 0 Å². The van der Waals surface area contributed by atoms with E-state index in [4.69, 9.17) is 5.73 Å². The van der Waals surface area contributed by atoms with Crippen molar-refractivity contribution in [2.45, 2.75) is 51.7 Å². The van der Waals surface area contributed by atoms with E-state index in [1.807, 2.05) is 6.07 Å². The molecule has 1 heterocycles. The average Bonchev–Trinajstić information content (AvgIpc) is 2.26. The molecule has 0 spiro atoms. The maximum absolute atomic E-state index is 6.07. The van der Waals surface area contributed by atoms with Gasteiger partial charge in [-0.1, -0.05) is 28.4 Å². The van der Waals surface area contributed by atoms with Gasteiger partial charge in [-0.15, -0.1) is 0 Å². The van der Waals surface area contributed by atoms with Crippen LogP contribution in [0.3, 0.4) is 0 Å². The quantitative estimate of drug-likeness (QED) is 0.841. The third-order valence-corrected chi connectivity index (χ3v) is 4.33. The molecular formula is C14H21BrN2. The Morgan fingerprint density at radius 1 is 1.29 bits per heavy atom. The standard InChI is InChI=1S/C14H21BrN2/c1-10-4-3-5-11(2)17(10)9-12-6-7-13(15)8-14(12)16/h6-8,10-11H,3-5,9,16H2,1-2H3. The lowest BCUT2D eigenvalue weighted by molar-refractivity contribution is 0.0955. The summed E-state index contributed by atoms with van der Waals surface area (Å²) in [5.41, 5.74) is 8.21. The molecule has 17 heavy (non-hydrogen) atoms. The van der Waals surface area contributed by atoms with Crippen molar-refractivity contribution in [1.82, 2.24) is 4.90 Å². The normalized spacial score (nSPS) is 26.1. The Kier molecular flexibility index (Phi) is 4.10. The summed E-state index contributed by atoms with van der Waals surface area (Å²) < 4.78 is 1.05. The molecule has 2 atom stereocenters. The highest BCUT2D eigenvalue weighted by atomic mass is 79.9. The number of likely N-dealkylation sites (tertiary alicyclic amines) is 1. The number of nitrogens with two attached hydrogens (primary N) is 1. The van der Waals surface area contributed by atoms with Crippen LogP contribution < -0.4 is 5.73 Å². The SMILES string of the molecule is CC1CCCC(C)N1Cc1ccc(Br)cc1N. The summed E-state index contributed by atoms with van der Waals surface area (Å²) in [6.07, 6.45) is 3.97. The second kappa shape index (κ2) is 5.40. The molecule has 2 nitrogen and oxygen atoms in total. The van der Waals surface area contributed by atoms with E-state index in [1.165, 1.54) is 24.8 Å². The highest BCUT2D eigenvalue weighted by molar-refractivity contribution is 9.10. The van der Waals surface area contributed by atoms with Crippen LogP contribution in [-0.2, 0) is 6.54 Å². The van der Waals surface area contributed by atoms with Gasteiger partial charge in [0.25, 0.3) is 0 Å².